The first-order chi connectivity index (χ1) is 13.4. The van der Waals surface area contributed by atoms with Crippen molar-refractivity contribution in [2.75, 3.05) is 13.1 Å². The van der Waals surface area contributed by atoms with Gasteiger partial charge < -0.3 is 21.9 Å². The molecule has 0 aliphatic carbocycles. The van der Waals surface area contributed by atoms with E-state index in [0.717, 1.165) is 45.6 Å². The highest BCUT2D eigenvalue weighted by Crippen LogP contribution is 2.10. The average molecular weight is 401 g/mol. The molecule has 6 N–H and O–H groups in total. The van der Waals surface area contributed by atoms with E-state index in [2.05, 4.69) is 17.2 Å². The number of nitrogens with one attached hydrogen (secondary N) is 1. The Kier molecular flexibility index (Phi) is 23.6. The second-order valence-corrected chi connectivity index (χ2v) is 7.17. The second kappa shape index (κ2) is 23.2. The van der Waals surface area contributed by atoms with E-state index in [1.165, 1.54) is 51.4 Å². The lowest BCUT2D eigenvalue weighted by Crippen LogP contribution is -2.24. The van der Waals surface area contributed by atoms with Crippen molar-refractivity contribution in [1.29, 1.82) is 0 Å². The maximum Gasteiger partial charge on any atom is 0.300 e. The standard InChI is InChI=1S/C19H40N4O.C2H4O2/c1-2-3-4-5-6-7-8-9-12-15-18(24)22-16-13-10-11-14-17-23-19(20)21;1-2(3)4/h2-17H2,1H3,(H,22,24)(H4,20,21,23);1H3,(H,3,4). The van der Waals surface area contributed by atoms with Crippen molar-refractivity contribution in [2.45, 2.75) is 104 Å². The highest BCUT2D eigenvalue weighted by molar-refractivity contribution is 5.76. The van der Waals surface area contributed by atoms with Crippen molar-refractivity contribution >= 4 is 17.8 Å². The summed E-state index contributed by atoms with van der Waals surface area (Å²) in [5.41, 5.74) is 10.5. The molecule has 7 nitrogen and oxygen atoms in total. The van der Waals surface area contributed by atoms with Gasteiger partial charge >= 0.3 is 0 Å². The molecule has 0 aromatic rings. The fourth-order valence-corrected chi connectivity index (χ4v) is 2.71. The number of hydrogen-bond donors (Lipinski definition) is 4. The number of unbranched alkanes of at least 4 members (excludes halogenated alkanes) is 11. The second-order valence-electron chi connectivity index (χ2n) is 7.17. The van der Waals surface area contributed by atoms with Gasteiger partial charge in [-0.15, -0.1) is 0 Å². The number of hydrogen-bond acceptors (Lipinski definition) is 3. The molecule has 0 heterocycles. The van der Waals surface area contributed by atoms with Crippen LogP contribution in [-0.2, 0) is 9.59 Å². The molecule has 0 aromatic carbocycles. The zero-order valence-corrected chi connectivity index (χ0v) is 18.2. The quantitative estimate of drug-likeness (QED) is 0.167. The number of nitrogens with two attached hydrogens (primary N) is 2. The molecule has 166 valence electrons. The van der Waals surface area contributed by atoms with Crippen LogP contribution in [0.25, 0.3) is 0 Å². The first-order valence-corrected chi connectivity index (χ1v) is 10.9. The van der Waals surface area contributed by atoms with Crippen LogP contribution in [-0.4, -0.2) is 36.0 Å². The normalized spacial score (nSPS) is 9.93. The monoisotopic (exact) mass is 400 g/mol. The van der Waals surface area contributed by atoms with Crippen LogP contribution in [0.5, 0.6) is 0 Å². The van der Waals surface area contributed by atoms with Crippen LogP contribution >= 0.6 is 0 Å². The summed E-state index contributed by atoms with van der Waals surface area (Å²) < 4.78 is 0. The number of carbonyl (C=O) groups is 2. The Morgan fingerprint density at radius 3 is 1.82 bits per heavy atom. The van der Waals surface area contributed by atoms with Crippen molar-refractivity contribution in [3.63, 3.8) is 0 Å². The van der Waals surface area contributed by atoms with Crippen LogP contribution in [0.2, 0.25) is 0 Å². The van der Waals surface area contributed by atoms with Crippen LogP contribution in [0, 0.1) is 0 Å². The molecule has 1 amide bonds. The lowest BCUT2D eigenvalue weighted by Gasteiger charge is -2.05. The molecule has 0 aliphatic rings. The van der Waals surface area contributed by atoms with Gasteiger partial charge in [0.15, 0.2) is 5.96 Å². The minimum atomic E-state index is -0.833. The Morgan fingerprint density at radius 1 is 0.821 bits per heavy atom. The SMILES string of the molecule is CC(=O)O.CCCCCCCCCCCC(=O)NCCCCCCN=C(N)N. The van der Waals surface area contributed by atoms with Gasteiger partial charge in [-0.05, 0) is 19.3 Å². The van der Waals surface area contributed by atoms with Gasteiger partial charge in [0.05, 0.1) is 0 Å². The van der Waals surface area contributed by atoms with E-state index >= 15 is 0 Å². The van der Waals surface area contributed by atoms with Gasteiger partial charge in [0.1, 0.15) is 0 Å². The van der Waals surface area contributed by atoms with Gasteiger partial charge in [-0.25, -0.2) is 0 Å². The number of carboxylic acids is 1. The van der Waals surface area contributed by atoms with Crippen molar-refractivity contribution in [3.8, 4) is 0 Å². The molecule has 0 atom stereocenters. The van der Waals surface area contributed by atoms with Gasteiger partial charge in [0, 0.05) is 26.4 Å². The Labute approximate surface area is 171 Å². The molecular formula is C21H44N4O3. The van der Waals surface area contributed by atoms with Crippen LogP contribution in [0.15, 0.2) is 4.99 Å². The molecule has 0 bridgehead atoms. The topological polar surface area (TPSA) is 131 Å². The van der Waals surface area contributed by atoms with E-state index in [1.807, 2.05) is 0 Å². The van der Waals surface area contributed by atoms with Crippen molar-refractivity contribution < 1.29 is 14.7 Å². The number of nitrogens with zero attached hydrogens (tertiary/aromatic N) is 1. The summed E-state index contributed by atoms with van der Waals surface area (Å²) in [6, 6.07) is 0. The molecule has 0 aromatic heterocycles. The van der Waals surface area contributed by atoms with Crippen molar-refractivity contribution in [1.82, 2.24) is 5.32 Å². The number of aliphatic imine (C=N–C) groups is 1. The highest BCUT2D eigenvalue weighted by Gasteiger charge is 2.00. The summed E-state index contributed by atoms with van der Waals surface area (Å²) in [6.07, 6.45) is 16.5. The van der Waals surface area contributed by atoms with Gasteiger partial charge in [0.2, 0.25) is 5.91 Å². The third-order valence-corrected chi connectivity index (χ3v) is 4.21. The Balaban J connectivity index is 0. The summed E-state index contributed by atoms with van der Waals surface area (Å²) in [5.74, 6) is -0.461. The van der Waals surface area contributed by atoms with Crippen LogP contribution in [0.4, 0.5) is 0 Å². The molecule has 0 aliphatic heterocycles. The Hall–Kier alpha value is -1.79. The van der Waals surface area contributed by atoms with Gasteiger partial charge in [-0.3, -0.25) is 14.6 Å². The summed E-state index contributed by atoms with van der Waals surface area (Å²) in [7, 11) is 0. The van der Waals surface area contributed by atoms with E-state index in [1.54, 1.807) is 0 Å². The van der Waals surface area contributed by atoms with E-state index in [4.69, 9.17) is 21.4 Å². The molecule has 0 fully saturated rings. The lowest BCUT2D eigenvalue weighted by atomic mass is 10.1. The molecule has 0 saturated heterocycles. The zero-order chi connectivity index (χ0) is 21.5. The fraction of sp³-hybridized carbons (Fsp3) is 0.857. The number of carboxylic acid groups (broad SMARTS) is 1. The number of amides is 1. The predicted molar refractivity (Wildman–Crippen MR) is 117 cm³/mol. The summed E-state index contributed by atoms with van der Waals surface area (Å²) in [6.45, 7) is 4.83. The van der Waals surface area contributed by atoms with Crippen molar-refractivity contribution in [3.05, 3.63) is 0 Å². The van der Waals surface area contributed by atoms with Gasteiger partial charge in [0.25, 0.3) is 5.97 Å². The number of aliphatic carboxylic acids is 1. The minimum absolute atomic E-state index is 0.166. The summed E-state index contributed by atoms with van der Waals surface area (Å²) in [4.78, 5) is 24.7. The van der Waals surface area contributed by atoms with E-state index in [-0.39, 0.29) is 11.9 Å². The molecule has 0 radical (unpaired) electrons. The first kappa shape index (κ1) is 28.4. The average Bonchev–Trinajstić information content (AvgIpc) is 2.62. The van der Waals surface area contributed by atoms with Crippen LogP contribution < -0.4 is 16.8 Å². The largest absolute Gasteiger partial charge is 0.481 e. The molecule has 0 unspecified atom stereocenters. The molecular weight excluding hydrogens is 356 g/mol. The van der Waals surface area contributed by atoms with E-state index < -0.39 is 5.97 Å². The van der Waals surface area contributed by atoms with Crippen molar-refractivity contribution in [2.24, 2.45) is 16.5 Å². The smallest absolute Gasteiger partial charge is 0.300 e. The number of guanidine groups is 1. The molecule has 28 heavy (non-hydrogen) atoms. The third-order valence-electron chi connectivity index (χ3n) is 4.21. The number of carbonyl (C=O) groups excluding carboxylic acids is 1. The first-order valence-electron chi connectivity index (χ1n) is 10.9. The van der Waals surface area contributed by atoms with Crippen LogP contribution in [0.1, 0.15) is 104 Å². The predicted octanol–water partition coefficient (Wildman–Crippen LogP) is 3.95. The molecule has 0 spiro atoms. The summed E-state index contributed by atoms with van der Waals surface area (Å²) in [5, 5.41) is 10.4. The van der Waals surface area contributed by atoms with Crippen LogP contribution in [0.3, 0.4) is 0 Å². The van der Waals surface area contributed by atoms with Gasteiger partial charge in [-0.1, -0.05) is 71.1 Å². The summed E-state index contributed by atoms with van der Waals surface area (Å²) >= 11 is 0. The lowest BCUT2D eigenvalue weighted by molar-refractivity contribution is -0.134. The minimum Gasteiger partial charge on any atom is -0.481 e. The Bertz CT molecular complexity index is 393. The molecule has 0 rings (SSSR count). The third kappa shape index (κ3) is 31.9. The Morgan fingerprint density at radius 2 is 1.29 bits per heavy atom. The van der Waals surface area contributed by atoms with Gasteiger partial charge in [-0.2, -0.15) is 0 Å². The molecule has 0 saturated carbocycles. The van der Waals surface area contributed by atoms with E-state index in [0.29, 0.717) is 13.0 Å². The van der Waals surface area contributed by atoms with E-state index in [9.17, 15) is 4.79 Å². The fourth-order valence-electron chi connectivity index (χ4n) is 2.71. The maximum atomic E-state index is 11.7. The highest BCUT2D eigenvalue weighted by atomic mass is 16.4. The maximum absolute atomic E-state index is 11.7. The molecule has 7 heteroatoms. The number of rotatable bonds is 17. The zero-order valence-electron chi connectivity index (χ0n) is 18.2.